The third kappa shape index (κ3) is 3.03. The molecular weight excluding hydrogens is 339 g/mol. The minimum Gasteiger partial charge on any atom is -0.493 e. The zero-order chi connectivity index (χ0) is 18.8. The van der Waals surface area contributed by atoms with Crippen LogP contribution in [-0.4, -0.2) is 31.8 Å². The summed E-state index contributed by atoms with van der Waals surface area (Å²) in [5.74, 6) is 0.619. The fraction of sp³-hybridized carbons (Fsp3) is 0.211. The van der Waals surface area contributed by atoms with Crippen LogP contribution in [0, 0.1) is 5.82 Å². The van der Waals surface area contributed by atoms with Gasteiger partial charge in [-0.05, 0) is 24.3 Å². The van der Waals surface area contributed by atoms with Crippen molar-refractivity contribution >= 4 is 22.5 Å². The van der Waals surface area contributed by atoms with Crippen molar-refractivity contribution in [1.82, 2.24) is 4.57 Å². The number of amides is 1. The predicted molar refractivity (Wildman–Crippen MR) is 96.9 cm³/mol. The van der Waals surface area contributed by atoms with Crippen molar-refractivity contribution in [3.8, 4) is 17.2 Å². The standard InChI is InChI=1S/C19H19FN2O4/c1-22-14-6-5-12(20)7-11(14)8-15(22)19(23)21-13-9-16(24-2)18(26-4)17(10-13)25-3/h5-10H,1-4H3,(H,21,23). The number of benzene rings is 2. The number of hydrogen-bond acceptors (Lipinski definition) is 4. The number of fused-ring (bicyclic) bond motifs is 1. The summed E-state index contributed by atoms with van der Waals surface area (Å²) < 4.78 is 31.0. The van der Waals surface area contributed by atoms with Gasteiger partial charge in [0.05, 0.1) is 21.3 Å². The van der Waals surface area contributed by atoms with Crippen LogP contribution in [0.3, 0.4) is 0 Å². The van der Waals surface area contributed by atoms with Crippen molar-refractivity contribution in [2.45, 2.75) is 0 Å². The number of anilines is 1. The van der Waals surface area contributed by atoms with Gasteiger partial charge in [-0.2, -0.15) is 0 Å². The number of aromatic nitrogens is 1. The quantitative estimate of drug-likeness (QED) is 0.757. The van der Waals surface area contributed by atoms with Crippen LogP contribution in [0.4, 0.5) is 10.1 Å². The van der Waals surface area contributed by atoms with E-state index in [9.17, 15) is 9.18 Å². The van der Waals surface area contributed by atoms with Gasteiger partial charge in [0, 0.05) is 35.8 Å². The molecule has 1 heterocycles. The van der Waals surface area contributed by atoms with E-state index in [1.54, 1.807) is 35.9 Å². The third-order valence-corrected chi connectivity index (χ3v) is 4.16. The maximum atomic E-state index is 13.4. The Kier molecular flexibility index (Phi) is 4.71. The van der Waals surface area contributed by atoms with Crippen LogP contribution in [0.15, 0.2) is 36.4 Å². The molecule has 26 heavy (non-hydrogen) atoms. The van der Waals surface area contributed by atoms with E-state index in [0.717, 1.165) is 5.52 Å². The Balaban J connectivity index is 1.96. The Morgan fingerprint density at radius 3 is 2.23 bits per heavy atom. The Morgan fingerprint density at radius 1 is 1.00 bits per heavy atom. The summed E-state index contributed by atoms with van der Waals surface area (Å²) in [5.41, 5.74) is 1.65. The molecule has 0 saturated heterocycles. The lowest BCUT2D eigenvalue weighted by Crippen LogP contribution is -2.15. The van der Waals surface area contributed by atoms with Crippen LogP contribution in [0.2, 0.25) is 0 Å². The van der Waals surface area contributed by atoms with E-state index in [-0.39, 0.29) is 11.7 Å². The topological polar surface area (TPSA) is 61.7 Å². The van der Waals surface area contributed by atoms with E-state index in [2.05, 4.69) is 5.32 Å². The molecule has 0 bridgehead atoms. The normalized spacial score (nSPS) is 10.7. The molecule has 0 aliphatic carbocycles. The summed E-state index contributed by atoms with van der Waals surface area (Å²) in [5, 5.41) is 3.46. The van der Waals surface area contributed by atoms with Gasteiger partial charge in [0.15, 0.2) is 11.5 Å². The molecule has 3 rings (SSSR count). The fourth-order valence-electron chi connectivity index (χ4n) is 2.89. The SMILES string of the molecule is COc1cc(NC(=O)c2cc3cc(F)ccc3n2C)cc(OC)c1OC. The maximum Gasteiger partial charge on any atom is 0.272 e. The van der Waals surface area contributed by atoms with E-state index in [1.165, 1.54) is 33.5 Å². The largest absolute Gasteiger partial charge is 0.493 e. The zero-order valence-electron chi connectivity index (χ0n) is 14.9. The van der Waals surface area contributed by atoms with Crippen LogP contribution in [0.5, 0.6) is 17.2 Å². The van der Waals surface area contributed by atoms with Gasteiger partial charge in [0.1, 0.15) is 11.5 Å². The van der Waals surface area contributed by atoms with E-state index in [4.69, 9.17) is 14.2 Å². The number of methoxy groups -OCH3 is 3. The lowest BCUT2D eigenvalue weighted by atomic mass is 10.2. The van der Waals surface area contributed by atoms with Crippen molar-refractivity contribution < 1.29 is 23.4 Å². The second-order valence-corrected chi connectivity index (χ2v) is 5.66. The summed E-state index contributed by atoms with van der Waals surface area (Å²) in [6, 6.07) is 9.32. The molecule has 0 radical (unpaired) electrons. The van der Waals surface area contributed by atoms with Crippen LogP contribution in [0.25, 0.3) is 10.9 Å². The smallest absolute Gasteiger partial charge is 0.272 e. The number of rotatable bonds is 5. The first-order valence-corrected chi connectivity index (χ1v) is 7.84. The Hall–Kier alpha value is -3.22. The highest BCUT2D eigenvalue weighted by Gasteiger charge is 2.17. The molecule has 0 unspecified atom stereocenters. The van der Waals surface area contributed by atoms with Crippen molar-refractivity contribution in [2.24, 2.45) is 7.05 Å². The van der Waals surface area contributed by atoms with Crippen molar-refractivity contribution in [3.63, 3.8) is 0 Å². The molecule has 6 nitrogen and oxygen atoms in total. The first-order chi connectivity index (χ1) is 12.5. The highest BCUT2D eigenvalue weighted by atomic mass is 19.1. The van der Waals surface area contributed by atoms with E-state index >= 15 is 0 Å². The molecule has 0 aliphatic heterocycles. The van der Waals surface area contributed by atoms with Gasteiger partial charge in [-0.3, -0.25) is 4.79 Å². The summed E-state index contributed by atoms with van der Waals surface area (Å²) in [6.07, 6.45) is 0. The van der Waals surface area contributed by atoms with Crippen LogP contribution in [-0.2, 0) is 7.05 Å². The van der Waals surface area contributed by atoms with Gasteiger partial charge in [-0.1, -0.05) is 0 Å². The van der Waals surface area contributed by atoms with Crippen LogP contribution in [0.1, 0.15) is 10.5 Å². The van der Waals surface area contributed by atoms with Gasteiger partial charge >= 0.3 is 0 Å². The molecule has 1 aromatic heterocycles. The first-order valence-electron chi connectivity index (χ1n) is 7.84. The molecule has 2 aromatic carbocycles. The Labute approximate surface area is 150 Å². The van der Waals surface area contributed by atoms with Crippen LogP contribution < -0.4 is 19.5 Å². The number of aryl methyl sites for hydroxylation is 1. The minimum atomic E-state index is -0.348. The monoisotopic (exact) mass is 358 g/mol. The molecule has 0 fully saturated rings. The number of nitrogens with zero attached hydrogens (tertiary/aromatic N) is 1. The summed E-state index contributed by atoms with van der Waals surface area (Å²) in [7, 11) is 6.26. The molecule has 136 valence electrons. The van der Waals surface area contributed by atoms with E-state index in [1.807, 2.05) is 0 Å². The second kappa shape index (κ2) is 6.95. The maximum absolute atomic E-state index is 13.4. The minimum absolute atomic E-state index is 0.335. The predicted octanol–water partition coefficient (Wildman–Crippen LogP) is 3.60. The summed E-state index contributed by atoms with van der Waals surface area (Å²) in [4.78, 5) is 12.7. The highest BCUT2D eigenvalue weighted by Crippen LogP contribution is 2.40. The highest BCUT2D eigenvalue weighted by molar-refractivity contribution is 6.06. The summed E-state index contributed by atoms with van der Waals surface area (Å²) in [6.45, 7) is 0. The first kappa shape index (κ1) is 17.6. The van der Waals surface area contributed by atoms with Crippen LogP contribution >= 0.6 is 0 Å². The number of carbonyl (C=O) groups excluding carboxylic acids is 1. The Morgan fingerprint density at radius 2 is 1.65 bits per heavy atom. The van der Waals surface area contributed by atoms with Gasteiger partial charge in [-0.15, -0.1) is 0 Å². The molecule has 0 saturated carbocycles. The second-order valence-electron chi connectivity index (χ2n) is 5.66. The number of ether oxygens (including phenoxy) is 3. The molecular formula is C19H19FN2O4. The van der Waals surface area contributed by atoms with Gasteiger partial charge in [0.25, 0.3) is 5.91 Å². The zero-order valence-corrected chi connectivity index (χ0v) is 14.9. The average molecular weight is 358 g/mol. The van der Waals surface area contributed by atoms with Gasteiger partial charge < -0.3 is 24.1 Å². The molecule has 1 N–H and O–H groups in total. The van der Waals surface area contributed by atoms with Gasteiger partial charge in [0.2, 0.25) is 5.75 Å². The molecule has 0 spiro atoms. The molecule has 0 atom stereocenters. The van der Waals surface area contributed by atoms with E-state index in [0.29, 0.717) is 34.0 Å². The fourth-order valence-corrected chi connectivity index (χ4v) is 2.89. The lowest BCUT2D eigenvalue weighted by molar-refractivity contribution is 0.101. The molecule has 7 heteroatoms. The molecule has 1 amide bonds. The van der Waals surface area contributed by atoms with Crippen molar-refractivity contribution in [1.29, 1.82) is 0 Å². The molecule has 0 aliphatic rings. The third-order valence-electron chi connectivity index (χ3n) is 4.16. The van der Waals surface area contributed by atoms with Gasteiger partial charge in [-0.25, -0.2) is 4.39 Å². The summed E-state index contributed by atoms with van der Waals surface area (Å²) >= 11 is 0. The lowest BCUT2D eigenvalue weighted by Gasteiger charge is -2.14. The van der Waals surface area contributed by atoms with Crippen molar-refractivity contribution in [2.75, 3.05) is 26.6 Å². The van der Waals surface area contributed by atoms with E-state index < -0.39 is 0 Å². The van der Waals surface area contributed by atoms with Crippen molar-refractivity contribution in [3.05, 3.63) is 47.9 Å². The number of hydrogen-bond donors (Lipinski definition) is 1. The number of halogens is 1. The molecule has 3 aromatic rings. The average Bonchev–Trinajstić information content (AvgIpc) is 2.96. The number of carbonyl (C=O) groups is 1. The Bertz CT molecular complexity index is 956. The number of nitrogens with one attached hydrogen (secondary N) is 1.